The van der Waals surface area contributed by atoms with Crippen LogP contribution in [0.4, 0.5) is 0 Å². The number of hydrogen-bond donors (Lipinski definition) is 1. The van der Waals surface area contributed by atoms with Gasteiger partial charge in [-0.2, -0.15) is 0 Å². The van der Waals surface area contributed by atoms with Gasteiger partial charge in [-0.15, -0.1) is 0 Å². The number of aryl methyl sites for hydroxylation is 1. The third-order valence-corrected chi connectivity index (χ3v) is 4.13. The van der Waals surface area contributed by atoms with E-state index in [-0.39, 0.29) is 5.92 Å². The van der Waals surface area contributed by atoms with Gasteiger partial charge in [-0.3, -0.25) is 9.69 Å². The number of hydrogen-bond acceptors (Lipinski definition) is 4. The Morgan fingerprint density at radius 3 is 2.83 bits per heavy atom. The molecule has 0 aliphatic carbocycles. The summed E-state index contributed by atoms with van der Waals surface area (Å²) in [5, 5.41) is 9.47. The molecule has 0 amide bonds. The van der Waals surface area contributed by atoms with Crippen molar-refractivity contribution in [2.24, 2.45) is 11.3 Å². The third kappa shape index (κ3) is 2.14. The van der Waals surface area contributed by atoms with Gasteiger partial charge in [0.25, 0.3) is 0 Å². The van der Waals surface area contributed by atoms with Crippen LogP contribution in [0.15, 0.2) is 10.8 Å². The van der Waals surface area contributed by atoms with E-state index in [1.165, 1.54) is 6.39 Å². The Hall–Kier alpha value is -1.36. The summed E-state index contributed by atoms with van der Waals surface area (Å²) in [6.07, 6.45) is 2.14. The van der Waals surface area contributed by atoms with Gasteiger partial charge in [0, 0.05) is 13.1 Å². The van der Waals surface area contributed by atoms with Gasteiger partial charge in [-0.1, -0.05) is 13.8 Å². The zero-order valence-electron chi connectivity index (χ0n) is 11.1. The highest BCUT2D eigenvalue weighted by Gasteiger charge is 2.47. The summed E-state index contributed by atoms with van der Waals surface area (Å²) >= 11 is 0. The molecular weight excluding hydrogens is 232 g/mol. The van der Waals surface area contributed by atoms with E-state index < -0.39 is 11.4 Å². The van der Waals surface area contributed by atoms with Crippen molar-refractivity contribution in [2.45, 2.75) is 33.7 Å². The van der Waals surface area contributed by atoms with Gasteiger partial charge >= 0.3 is 5.97 Å². The lowest BCUT2D eigenvalue weighted by atomic mass is 9.76. The fourth-order valence-corrected chi connectivity index (χ4v) is 2.63. The number of oxazole rings is 1. The maximum absolute atomic E-state index is 11.5. The molecule has 1 saturated heterocycles. The molecule has 100 valence electrons. The fourth-order valence-electron chi connectivity index (χ4n) is 2.63. The fraction of sp³-hybridized carbons (Fsp3) is 0.692. The molecule has 1 aliphatic rings. The smallest absolute Gasteiger partial charge is 0.311 e. The van der Waals surface area contributed by atoms with Crippen LogP contribution in [0, 0.1) is 18.3 Å². The van der Waals surface area contributed by atoms with Crippen LogP contribution in [0.3, 0.4) is 0 Å². The Balaban J connectivity index is 2.08. The predicted octanol–water partition coefficient (Wildman–Crippen LogP) is 1.92. The molecule has 1 aromatic heterocycles. The number of rotatable bonds is 4. The molecule has 1 atom stereocenters. The first-order chi connectivity index (χ1) is 8.45. The first-order valence-electron chi connectivity index (χ1n) is 6.30. The minimum atomic E-state index is -0.683. The van der Waals surface area contributed by atoms with E-state index in [2.05, 4.69) is 9.88 Å². The zero-order chi connectivity index (χ0) is 13.3. The third-order valence-electron chi connectivity index (χ3n) is 4.13. The molecule has 2 rings (SSSR count). The second-order valence-electron chi connectivity index (χ2n) is 5.43. The Bertz CT molecular complexity index is 441. The van der Waals surface area contributed by atoms with Gasteiger partial charge < -0.3 is 9.52 Å². The summed E-state index contributed by atoms with van der Waals surface area (Å²) in [7, 11) is 0. The predicted molar refractivity (Wildman–Crippen MR) is 66.0 cm³/mol. The summed E-state index contributed by atoms with van der Waals surface area (Å²) in [6, 6.07) is 0. The van der Waals surface area contributed by atoms with Gasteiger partial charge in [-0.05, 0) is 25.8 Å². The summed E-state index contributed by atoms with van der Waals surface area (Å²) in [5.74, 6) is 0.266. The second kappa shape index (κ2) is 4.72. The van der Waals surface area contributed by atoms with Crippen molar-refractivity contribution in [3.05, 3.63) is 17.8 Å². The van der Waals surface area contributed by atoms with E-state index in [0.717, 1.165) is 18.0 Å². The molecule has 0 bridgehead atoms. The molecule has 5 nitrogen and oxygen atoms in total. The Kier molecular flexibility index (Phi) is 3.43. The van der Waals surface area contributed by atoms with E-state index in [4.69, 9.17) is 4.42 Å². The molecule has 1 unspecified atom stereocenters. The Labute approximate surface area is 107 Å². The van der Waals surface area contributed by atoms with Crippen LogP contribution in [0.1, 0.15) is 31.7 Å². The molecule has 5 heteroatoms. The molecule has 2 heterocycles. The van der Waals surface area contributed by atoms with Crippen LogP contribution in [0.25, 0.3) is 0 Å². The van der Waals surface area contributed by atoms with E-state index in [9.17, 15) is 9.90 Å². The number of carbonyl (C=O) groups is 1. The summed E-state index contributed by atoms with van der Waals surface area (Å²) in [5.41, 5.74) is 0.289. The maximum Gasteiger partial charge on any atom is 0.311 e. The number of aromatic nitrogens is 1. The average molecular weight is 252 g/mol. The number of likely N-dealkylation sites (tertiary alicyclic amines) is 1. The molecule has 0 saturated carbocycles. The van der Waals surface area contributed by atoms with Crippen molar-refractivity contribution in [1.82, 2.24) is 9.88 Å². The van der Waals surface area contributed by atoms with Gasteiger partial charge in [-0.25, -0.2) is 4.98 Å². The second-order valence-corrected chi connectivity index (χ2v) is 5.43. The number of carboxylic acid groups (broad SMARTS) is 1. The number of carboxylic acids is 1. The number of nitrogens with zero attached hydrogens (tertiary/aromatic N) is 2. The lowest BCUT2D eigenvalue weighted by Crippen LogP contribution is -2.39. The van der Waals surface area contributed by atoms with Crippen molar-refractivity contribution in [1.29, 1.82) is 0 Å². The van der Waals surface area contributed by atoms with Crippen LogP contribution < -0.4 is 0 Å². The zero-order valence-corrected chi connectivity index (χ0v) is 11.1. The standard InChI is InChI=1S/C13H20N2O3/c1-9(2)13(12(16)17)4-5-15(7-13)6-11-10(3)18-8-14-11/h8-9H,4-7H2,1-3H3,(H,16,17). The maximum atomic E-state index is 11.5. The average Bonchev–Trinajstić information content (AvgIpc) is 2.88. The molecule has 1 fully saturated rings. The van der Waals surface area contributed by atoms with Crippen LogP contribution in [0.5, 0.6) is 0 Å². The normalized spacial score (nSPS) is 24.9. The van der Waals surface area contributed by atoms with Crippen molar-refractivity contribution in [3.8, 4) is 0 Å². The first kappa shape index (κ1) is 13.1. The quantitative estimate of drug-likeness (QED) is 0.886. The highest BCUT2D eigenvalue weighted by molar-refractivity contribution is 5.75. The lowest BCUT2D eigenvalue weighted by Gasteiger charge is -2.28. The van der Waals surface area contributed by atoms with Crippen molar-refractivity contribution in [3.63, 3.8) is 0 Å². The monoisotopic (exact) mass is 252 g/mol. The molecule has 0 aromatic carbocycles. The Morgan fingerprint density at radius 2 is 2.39 bits per heavy atom. The molecule has 18 heavy (non-hydrogen) atoms. The van der Waals surface area contributed by atoms with Gasteiger partial charge in [0.15, 0.2) is 6.39 Å². The molecule has 1 N–H and O–H groups in total. The van der Waals surface area contributed by atoms with Gasteiger partial charge in [0.2, 0.25) is 0 Å². The minimum Gasteiger partial charge on any atom is -0.481 e. The van der Waals surface area contributed by atoms with E-state index in [1.54, 1.807) is 0 Å². The Morgan fingerprint density at radius 1 is 1.67 bits per heavy atom. The summed E-state index contributed by atoms with van der Waals surface area (Å²) in [4.78, 5) is 17.8. The van der Waals surface area contributed by atoms with Crippen molar-refractivity contribution >= 4 is 5.97 Å². The van der Waals surface area contributed by atoms with E-state index in [0.29, 0.717) is 19.5 Å². The molecule has 1 aromatic rings. The summed E-state index contributed by atoms with van der Waals surface area (Å²) < 4.78 is 5.17. The minimum absolute atomic E-state index is 0.137. The van der Waals surface area contributed by atoms with Gasteiger partial charge in [0.1, 0.15) is 5.76 Å². The molecular formula is C13H20N2O3. The van der Waals surface area contributed by atoms with Crippen LogP contribution >= 0.6 is 0 Å². The van der Waals surface area contributed by atoms with Crippen molar-refractivity contribution < 1.29 is 14.3 Å². The van der Waals surface area contributed by atoms with E-state index >= 15 is 0 Å². The van der Waals surface area contributed by atoms with Gasteiger partial charge in [0.05, 0.1) is 11.1 Å². The molecule has 0 spiro atoms. The lowest BCUT2D eigenvalue weighted by molar-refractivity contribution is -0.151. The molecule has 0 radical (unpaired) electrons. The number of aliphatic carboxylic acids is 1. The van der Waals surface area contributed by atoms with Crippen LogP contribution in [-0.2, 0) is 11.3 Å². The van der Waals surface area contributed by atoms with Crippen molar-refractivity contribution in [2.75, 3.05) is 13.1 Å². The largest absolute Gasteiger partial charge is 0.481 e. The van der Waals surface area contributed by atoms with E-state index in [1.807, 2.05) is 20.8 Å². The highest BCUT2D eigenvalue weighted by atomic mass is 16.4. The molecule has 1 aliphatic heterocycles. The highest BCUT2D eigenvalue weighted by Crippen LogP contribution is 2.38. The summed E-state index contributed by atoms with van der Waals surface area (Å²) in [6.45, 7) is 7.91. The SMILES string of the molecule is Cc1ocnc1CN1CCC(C(=O)O)(C(C)C)C1. The topological polar surface area (TPSA) is 66.6 Å². The van der Waals surface area contributed by atoms with Crippen LogP contribution in [-0.4, -0.2) is 34.0 Å². The van der Waals surface area contributed by atoms with Crippen LogP contribution in [0.2, 0.25) is 0 Å². The first-order valence-corrected chi connectivity index (χ1v) is 6.30.